The number of aliphatic hydroxyl groups is 13. The minimum atomic E-state index is -3.36. The SMILES string of the molecule is OCC1O[C@H](OC[C@H]2O[C@](O)([C@]3(CO)OC(O)[C@H](O)[C@@H](O)[C@@H]3O)[C@H](O)[C@@H](O)[C@@H]2O)C(O)[C@@H](O)C1O. The molecule has 17 nitrogen and oxygen atoms in total. The molecular weight excluding hydrogens is 488 g/mol. The van der Waals surface area contributed by atoms with Gasteiger partial charge in [-0.1, -0.05) is 0 Å². The van der Waals surface area contributed by atoms with Gasteiger partial charge in [0.15, 0.2) is 18.2 Å². The molecule has 0 aromatic rings. The molecule has 0 amide bonds. The normalized spacial score (nSPS) is 55.6. The number of ether oxygens (including phenoxy) is 4. The molecule has 15 atom stereocenters. The molecule has 0 saturated carbocycles. The zero-order chi connectivity index (χ0) is 26.5. The lowest BCUT2D eigenvalue weighted by Crippen LogP contribution is -2.82. The van der Waals surface area contributed by atoms with Gasteiger partial charge in [-0.2, -0.15) is 0 Å². The van der Waals surface area contributed by atoms with E-state index in [2.05, 4.69) is 0 Å². The van der Waals surface area contributed by atoms with Crippen molar-refractivity contribution in [2.45, 2.75) is 91.1 Å². The molecule has 3 aliphatic rings. The van der Waals surface area contributed by atoms with Crippen molar-refractivity contribution in [3.05, 3.63) is 0 Å². The summed E-state index contributed by atoms with van der Waals surface area (Å²) in [6, 6.07) is 0. The molecule has 0 aromatic heterocycles. The standard InChI is InChI=1S/C18H32O17/c19-1-4-6(21)8(23)12(27)16(33-4)32-2-5-7(22)9(24)14(29)18(31,34-5)17(3-20)13(28)10(25)11(26)15(30)35-17/h4-16,19-31H,1-3H2/t4?,5-,6?,7-,8+,9+,10-,11-,12?,13+,14-,15?,16+,17-,18+/m1/s1. The third kappa shape index (κ3) is 4.60. The Labute approximate surface area is 197 Å². The van der Waals surface area contributed by atoms with Gasteiger partial charge in [0.1, 0.15) is 67.1 Å². The lowest BCUT2D eigenvalue weighted by atomic mass is 9.74. The molecule has 17 heteroatoms. The number of aliphatic hydroxyl groups excluding tert-OH is 12. The fraction of sp³-hybridized carbons (Fsp3) is 1.00. The lowest BCUT2D eigenvalue weighted by Gasteiger charge is -2.58. The molecule has 3 fully saturated rings. The topological polar surface area (TPSA) is 300 Å². The second-order valence-corrected chi connectivity index (χ2v) is 8.79. The molecule has 3 rings (SSSR count). The maximum Gasteiger partial charge on any atom is 0.230 e. The largest absolute Gasteiger partial charge is 0.394 e. The van der Waals surface area contributed by atoms with E-state index in [-0.39, 0.29) is 0 Å². The van der Waals surface area contributed by atoms with E-state index >= 15 is 0 Å². The summed E-state index contributed by atoms with van der Waals surface area (Å²) >= 11 is 0. The maximum atomic E-state index is 11.2. The predicted octanol–water partition coefficient (Wildman–Crippen LogP) is -8.86. The van der Waals surface area contributed by atoms with Gasteiger partial charge in [-0.25, -0.2) is 0 Å². The van der Waals surface area contributed by atoms with Gasteiger partial charge in [0.2, 0.25) is 5.79 Å². The highest BCUT2D eigenvalue weighted by molar-refractivity contribution is 5.14. The first-order valence-electron chi connectivity index (χ1n) is 10.6. The summed E-state index contributed by atoms with van der Waals surface area (Å²) in [4.78, 5) is 0. The van der Waals surface area contributed by atoms with E-state index in [0.717, 1.165) is 0 Å². The zero-order valence-electron chi connectivity index (χ0n) is 18.1. The van der Waals surface area contributed by atoms with Gasteiger partial charge in [-0.3, -0.25) is 0 Å². The minimum absolute atomic E-state index is 0.775. The van der Waals surface area contributed by atoms with Crippen LogP contribution in [-0.4, -0.2) is 177 Å². The van der Waals surface area contributed by atoms with Crippen LogP contribution in [0.1, 0.15) is 0 Å². The first-order chi connectivity index (χ1) is 16.3. The molecule has 35 heavy (non-hydrogen) atoms. The van der Waals surface area contributed by atoms with E-state index < -0.39 is 111 Å². The fourth-order valence-corrected chi connectivity index (χ4v) is 4.41. The molecule has 3 heterocycles. The van der Waals surface area contributed by atoms with E-state index in [0.29, 0.717) is 0 Å². The van der Waals surface area contributed by atoms with Crippen molar-refractivity contribution in [2.75, 3.05) is 19.8 Å². The van der Waals surface area contributed by atoms with Gasteiger partial charge in [0.05, 0.1) is 19.8 Å². The van der Waals surface area contributed by atoms with Crippen molar-refractivity contribution in [1.82, 2.24) is 0 Å². The smallest absolute Gasteiger partial charge is 0.230 e. The van der Waals surface area contributed by atoms with E-state index in [1.54, 1.807) is 0 Å². The summed E-state index contributed by atoms with van der Waals surface area (Å²) < 4.78 is 20.6. The molecule has 3 saturated heterocycles. The van der Waals surface area contributed by atoms with E-state index in [1.807, 2.05) is 0 Å². The van der Waals surface area contributed by atoms with Gasteiger partial charge in [-0.05, 0) is 0 Å². The molecule has 0 radical (unpaired) electrons. The van der Waals surface area contributed by atoms with Crippen molar-refractivity contribution in [3.8, 4) is 0 Å². The number of hydrogen-bond donors (Lipinski definition) is 13. The minimum Gasteiger partial charge on any atom is -0.394 e. The van der Waals surface area contributed by atoms with Crippen molar-refractivity contribution in [3.63, 3.8) is 0 Å². The van der Waals surface area contributed by atoms with Crippen LogP contribution < -0.4 is 0 Å². The van der Waals surface area contributed by atoms with Gasteiger partial charge in [0, 0.05) is 0 Å². The molecule has 0 spiro atoms. The summed E-state index contributed by atoms with van der Waals surface area (Å²) in [6.45, 7) is -3.10. The molecule has 0 bridgehead atoms. The van der Waals surface area contributed by atoms with Crippen LogP contribution in [0.25, 0.3) is 0 Å². The van der Waals surface area contributed by atoms with Crippen LogP contribution in [0.3, 0.4) is 0 Å². The average Bonchev–Trinajstić information content (AvgIpc) is 2.84. The second-order valence-electron chi connectivity index (χ2n) is 8.79. The van der Waals surface area contributed by atoms with Crippen molar-refractivity contribution in [1.29, 1.82) is 0 Å². The van der Waals surface area contributed by atoms with Crippen LogP contribution in [0.15, 0.2) is 0 Å². The molecule has 0 aliphatic carbocycles. The molecule has 4 unspecified atom stereocenters. The van der Waals surface area contributed by atoms with Crippen molar-refractivity contribution >= 4 is 0 Å². The molecule has 13 N–H and O–H groups in total. The van der Waals surface area contributed by atoms with E-state index in [9.17, 15) is 66.4 Å². The van der Waals surface area contributed by atoms with Crippen molar-refractivity contribution in [2.24, 2.45) is 0 Å². The van der Waals surface area contributed by atoms with Crippen molar-refractivity contribution < 1.29 is 85.3 Å². The van der Waals surface area contributed by atoms with Gasteiger partial charge >= 0.3 is 0 Å². The summed E-state index contributed by atoms with van der Waals surface area (Å²) in [5.74, 6) is -3.36. The van der Waals surface area contributed by atoms with Gasteiger partial charge in [0.25, 0.3) is 0 Å². The molecule has 206 valence electrons. The van der Waals surface area contributed by atoms with Crippen LogP contribution in [-0.2, 0) is 18.9 Å². The van der Waals surface area contributed by atoms with E-state index in [1.165, 1.54) is 0 Å². The summed E-state index contributed by atoms with van der Waals surface area (Å²) in [5, 5.41) is 131. The highest BCUT2D eigenvalue weighted by Gasteiger charge is 2.71. The lowest BCUT2D eigenvalue weighted by molar-refractivity contribution is -0.458. The Bertz CT molecular complexity index is 713. The van der Waals surface area contributed by atoms with Crippen LogP contribution in [0.2, 0.25) is 0 Å². The Morgan fingerprint density at radius 2 is 1.20 bits per heavy atom. The zero-order valence-corrected chi connectivity index (χ0v) is 18.1. The maximum absolute atomic E-state index is 11.2. The van der Waals surface area contributed by atoms with Crippen LogP contribution >= 0.6 is 0 Å². The Hall–Kier alpha value is -0.680. The predicted molar refractivity (Wildman–Crippen MR) is 102 cm³/mol. The highest BCUT2D eigenvalue weighted by atomic mass is 16.7. The Morgan fingerprint density at radius 1 is 0.629 bits per heavy atom. The van der Waals surface area contributed by atoms with Gasteiger partial charge in [-0.15, -0.1) is 0 Å². The van der Waals surface area contributed by atoms with E-state index in [4.69, 9.17) is 18.9 Å². The Balaban J connectivity index is 1.85. The summed E-state index contributed by atoms with van der Waals surface area (Å²) in [5.41, 5.74) is -2.98. The summed E-state index contributed by atoms with van der Waals surface area (Å²) in [6.07, 6.45) is -26.2. The van der Waals surface area contributed by atoms with Crippen LogP contribution in [0, 0.1) is 0 Å². The summed E-state index contributed by atoms with van der Waals surface area (Å²) in [7, 11) is 0. The molecule has 0 aromatic carbocycles. The van der Waals surface area contributed by atoms with Gasteiger partial charge < -0.3 is 85.3 Å². The Kier molecular flexibility index (Phi) is 8.74. The number of hydrogen-bond acceptors (Lipinski definition) is 17. The van der Waals surface area contributed by atoms with Crippen LogP contribution in [0.4, 0.5) is 0 Å². The molecule has 3 aliphatic heterocycles. The number of rotatable bonds is 6. The highest BCUT2D eigenvalue weighted by Crippen LogP contribution is 2.44. The third-order valence-electron chi connectivity index (χ3n) is 6.68. The fourth-order valence-electron chi connectivity index (χ4n) is 4.41. The Morgan fingerprint density at radius 3 is 1.77 bits per heavy atom. The van der Waals surface area contributed by atoms with Crippen LogP contribution in [0.5, 0.6) is 0 Å². The quantitative estimate of drug-likeness (QED) is 0.155. The third-order valence-corrected chi connectivity index (χ3v) is 6.68. The molecular formula is C18H32O17. The monoisotopic (exact) mass is 520 g/mol. The first kappa shape index (κ1) is 28.9. The first-order valence-corrected chi connectivity index (χ1v) is 10.6. The second kappa shape index (κ2) is 10.6. The average molecular weight is 520 g/mol.